The van der Waals surface area contributed by atoms with E-state index in [0.717, 1.165) is 0 Å². The normalized spacial score (nSPS) is 13.9. The first kappa shape index (κ1) is 14.1. The van der Waals surface area contributed by atoms with E-state index < -0.39 is 0 Å². The summed E-state index contributed by atoms with van der Waals surface area (Å²) in [5.74, 6) is 0.360. The van der Waals surface area contributed by atoms with Crippen LogP contribution in [0.4, 0.5) is 11.4 Å². The summed E-state index contributed by atoms with van der Waals surface area (Å²) in [6, 6.07) is 8.61. The van der Waals surface area contributed by atoms with Gasteiger partial charge in [0.15, 0.2) is 0 Å². The SMILES string of the molecule is CN1C(=O)CCOc2ccc(NC(=O)c3cccnc3)cc21. The zero-order valence-electron chi connectivity index (χ0n) is 12.1. The maximum atomic E-state index is 12.1. The van der Waals surface area contributed by atoms with Crippen LogP contribution >= 0.6 is 0 Å². The summed E-state index contributed by atoms with van der Waals surface area (Å²) in [5.41, 5.74) is 1.71. The summed E-state index contributed by atoms with van der Waals surface area (Å²) in [5, 5.41) is 2.79. The molecule has 1 N–H and O–H groups in total. The summed E-state index contributed by atoms with van der Waals surface area (Å²) in [7, 11) is 1.70. The Morgan fingerprint density at radius 3 is 3.00 bits per heavy atom. The molecule has 2 heterocycles. The Labute approximate surface area is 127 Å². The van der Waals surface area contributed by atoms with Gasteiger partial charge in [-0.1, -0.05) is 0 Å². The van der Waals surface area contributed by atoms with E-state index in [9.17, 15) is 9.59 Å². The molecule has 0 spiro atoms. The fourth-order valence-electron chi connectivity index (χ4n) is 2.23. The highest BCUT2D eigenvalue weighted by molar-refractivity contribution is 6.04. The van der Waals surface area contributed by atoms with E-state index in [-0.39, 0.29) is 11.8 Å². The highest BCUT2D eigenvalue weighted by atomic mass is 16.5. The summed E-state index contributed by atoms with van der Waals surface area (Å²) in [4.78, 5) is 29.5. The largest absolute Gasteiger partial charge is 0.491 e. The fourth-order valence-corrected chi connectivity index (χ4v) is 2.23. The van der Waals surface area contributed by atoms with Crippen molar-refractivity contribution in [3.63, 3.8) is 0 Å². The molecule has 0 radical (unpaired) electrons. The quantitative estimate of drug-likeness (QED) is 0.921. The molecule has 0 atom stereocenters. The molecule has 6 heteroatoms. The van der Waals surface area contributed by atoms with Crippen LogP contribution in [0.5, 0.6) is 5.75 Å². The number of nitrogens with one attached hydrogen (secondary N) is 1. The average Bonchev–Trinajstić information content (AvgIpc) is 2.68. The minimum absolute atomic E-state index is 0.0190. The molecule has 0 unspecified atom stereocenters. The number of ether oxygens (including phenoxy) is 1. The number of benzene rings is 1. The number of carbonyl (C=O) groups is 2. The molecule has 1 aromatic carbocycles. The van der Waals surface area contributed by atoms with E-state index in [0.29, 0.717) is 35.7 Å². The monoisotopic (exact) mass is 297 g/mol. The van der Waals surface area contributed by atoms with Crippen molar-refractivity contribution < 1.29 is 14.3 Å². The maximum absolute atomic E-state index is 12.1. The zero-order valence-corrected chi connectivity index (χ0v) is 12.1. The van der Waals surface area contributed by atoms with E-state index in [2.05, 4.69) is 10.3 Å². The lowest BCUT2D eigenvalue weighted by Gasteiger charge is -2.17. The van der Waals surface area contributed by atoms with Crippen molar-refractivity contribution in [1.29, 1.82) is 0 Å². The van der Waals surface area contributed by atoms with Gasteiger partial charge in [-0.2, -0.15) is 0 Å². The van der Waals surface area contributed by atoms with E-state index in [1.807, 2.05) is 0 Å². The molecule has 3 rings (SSSR count). The number of hydrogen-bond acceptors (Lipinski definition) is 4. The van der Waals surface area contributed by atoms with Gasteiger partial charge in [0, 0.05) is 25.1 Å². The van der Waals surface area contributed by atoms with Crippen molar-refractivity contribution in [2.45, 2.75) is 6.42 Å². The third-order valence-corrected chi connectivity index (χ3v) is 3.45. The average molecular weight is 297 g/mol. The molecule has 0 bridgehead atoms. The molecular formula is C16H15N3O3. The highest BCUT2D eigenvalue weighted by Gasteiger charge is 2.20. The van der Waals surface area contributed by atoms with Gasteiger partial charge in [-0.05, 0) is 30.3 Å². The van der Waals surface area contributed by atoms with Gasteiger partial charge in [0.2, 0.25) is 5.91 Å². The Bertz CT molecular complexity index is 716. The van der Waals surface area contributed by atoms with Crippen molar-refractivity contribution >= 4 is 23.2 Å². The smallest absolute Gasteiger partial charge is 0.257 e. The minimum atomic E-state index is -0.253. The van der Waals surface area contributed by atoms with Crippen LogP contribution in [0.1, 0.15) is 16.8 Å². The summed E-state index contributed by atoms with van der Waals surface area (Å²) >= 11 is 0. The van der Waals surface area contributed by atoms with E-state index in [1.54, 1.807) is 48.5 Å². The molecule has 0 saturated heterocycles. The van der Waals surface area contributed by atoms with Crippen molar-refractivity contribution in [3.8, 4) is 5.75 Å². The molecule has 1 aromatic heterocycles. The fraction of sp³-hybridized carbons (Fsp3) is 0.188. The molecule has 112 valence electrons. The first-order valence-corrected chi connectivity index (χ1v) is 6.90. The van der Waals surface area contributed by atoms with Gasteiger partial charge < -0.3 is 15.0 Å². The van der Waals surface area contributed by atoms with Gasteiger partial charge in [0.25, 0.3) is 5.91 Å². The van der Waals surface area contributed by atoms with Crippen molar-refractivity contribution in [2.75, 3.05) is 23.9 Å². The number of carbonyl (C=O) groups excluding carboxylic acids is 2. The summed E-state index contributed by atoms with van der Waals surface area (Å²) in [6.45, 7) is 0.359. The molecule has 0 aliphatic carbocycles. The van der Waals surface area contributed by atoms with Crippen LogP contribution < -0.4 is 15.0 Å². The second-order valence-electron chi connectivity index (χ2n) is 4.93. The molecule has 1 aliphatic heterocycles. The predicted octanol–water partition coefficient (Wildman–Crippen LogP) is 2.08. The number of pyridine rings is 1. The van der Waals surface area contributed by atoms with Crippen LogP contribution in [0, 0.1) is 0 Å². The van der Waals surface area contributed by atoms with Crippen molar-refractivity contribution in [3.05, 3.63) is 48.3 Å². The molecule has 0 saturated carbocycles. The number of aromatic nitrogens is 1. The Hall–Kier alpha value is -2.89. The van der Waals surface area contributed by atoms with Crippen LogP contribution in [0.25, 0.3) is 0 Å². The lowest BCUT2D eigenvalue weighted by Crippen LogP contribution is -2.25. The Morgan fingerprint density at radius 1 is 1.36 bits per heavy atom. The molecule has 1 aliphatic rings. The number of rotatable bonds is 2. The van der Waals surface area contributed by atoms with Crippen molar-refractivity contribution in [1.82, 2.24) is 4.98 Å². The van der Waals surface area contributed by atoms with Crippen LogP contribution in [-0.4, -0.2) is 30.5 Å². The van der Waals surface area contributed by atoms with Crippen LogP contribution in [-0.2, 0) is 4.79 Å². The van der Waals surface area contributed by atoms with Crippen LogP contribution in [0.15, 0.2) is 42.7 Å². The second-order valence-corrected chi connectivity index (χ2v) is 4.93. The molecule has 2 amide bonds. The van der Waals surface area contributed by atoms with Gasteiger partial charge in [-0.3, -0.25) is 14.6 Å². The number of hydrogen-bond donors (Lipinski definition) is 1. The van der Waals surface area contributed by atoms with Gasteiger partial charge in [0.05, 0.1) is 24.3 Å². The lowest BCUT2D eigenvalue weighted by atomic mass is 10.2. The third kappa shape index (κ3) is 2.76. The standard InChI is InChI=1S/C16H15N3O3/c1-19-13-9-12(4-5-14(13)22-8-6-15(19)20)18-16(21)11-3-2-7-17-10-11/h2-5,7,9-10H,6,8H2,1H3,(H,18,21). The van der Waals surface area contributed by atoms with Crippen LogP contribution in [0.2, 0.25) is 0 Å². The molecule has 2 aromatic rings. The van der Waals surface area contributed by atoms with Crippen molar-refractivity contribution in [2.24, 2.45) is 0 Å². The second kappa shape index (κ2) is 5.85. The number of nitrogens with zero attached hydrogens (tertiary/aromatic N) is 2. The first-order valence-electron chi connectivity index (χ1n) is 6.90. The minimum Gasteiger partial charge on any atom is -0.491 e. The van der Waals surface area contributed by atoms with Crippen LogP contribution in [0.3, 0.4) is 0 Å². The number of fused-ring (bicyclic) bond motifs is 1. The highest BCUT2D eigenvalue weighted by Crippen LogP contribution is 2.33. The number of anilines is 2. The van der Waals surface area contributed by atoms with E-state index >= 15 is 0 Å². The van der Waals surface area contributed by atoms with E-state index in [4.69, 9.17) is 4.74 Å². The Kier molecular flexibility index (Phi) is 3.74. The summed E-state index contributed by atoms with van der Waals surface area (Å²) in [6.07, 6.45) is 3.44. The topological polar surface area (TPSA) is 71.5 Å². The Morgan fingerprint density at radius 2 is 2.23 bits per heavy atom. The Balaban J connectivity index is 1.86. The lowest BCUT2D eigenvalue weighted by molar-refractivity contribution is -0.118. The molecule has 22 heavy (non-hydrogen) atoms. The summed E-state index contributed by atoms with van der Waals surface area (Å²) < 4.78 is 5.55. The molecule has 6 nitrogen and oxygen atoms in total. The number of amides is 2. The van der Waals surface area contributed by atoms with Gasteiger partial charge in [0.1, 0.15) is 5.75 Å². The predicted molar refractivity (Wildman–Crippen MR) is 82.2 cm³/mol. The molecular weight excluding hydrogens is 282 g/mol. The molecule has 0 fully saturated rings. The zero-order chi connectivity index (χ0) is 15.5. The third-order valence-electron chi connectivity index (χ3n) is 3.45. The first-order chi connectivity index (χ1) is 10.6. The van der Waals surface area contributed by atoms with Gasteiger partial charge in [-0.15, -0.1) is 0 Å². The van der Waals surface area contributed by atoms with E-state index in [1.165, 1.54) is 6.20 Å². The van der Waals surface area contributed by atoms with Gasteiger partial charge in [-0.25, -0.2) is 0 Å². The van der Waals surface area contributed by atoms with Gasteiger partial charge >= 0.3 is 0 Å². The maximum Gasteiger partial charge on any atom is 0.257 e.